The van der Waals surface area contributed by atoms with Crippen molar-refractivity contribution in [3.05, 3.63) is 42.4 Å². The van der Waals surface area contributed by atoms with Gasteiger partial charge < -0.3 is 14.2 Å². The third-order valence-corrected chi connectivity index (χ3v) is 4.54. The zero-order chi connectivity index (χ0) is 16.0. The molecule has 0 spiro atoms. The summed E-state index contributed by atoms with van der Waals surface area (Å²) in [5.41, 5.74) is 0.714. The van der Waals surface area contributed by atoms with Gasteiger partial charge in [0, 0.05) is 25.6 Å². The molecule has 0 radical (unpaired) electrons. The lowest BCUT2D eigenvalue weighted by Crippen LogP contribution is -2.35. The van der Waals surface area contributed by atoms with Crippen molar-refractivity contribution < 1.29 is 14.0 Å². The van der Waals surface area contributed by atoms with E-state index in [0.717, 1.165) is 0 Å². The van der Waals surface area contributed by atoms with E-state index in [1.807, 2.05) is 0 Å². The Bertz CT molecular complexity index is 758. The number of rotatable bonds is 2. The maximum absolute atomic E-state index is 12.6. The van der Waals surface area contributed by atoms with E-state index in [1.165, 1.54) is 6.33 Å². The van der Waals surface area contributed by atoms with Gasteiger partial charge >= 0.3 is 0 Å². The Labute approximate surface area is 132 Å². The molecular weight excluding hydrogens is 296 g/mol. The molecule has 2 aromatic rings. The second-order valence-corrected chi connectivity index (χ2v) is 6.03. The molecule has 7 heteroatoms. The van der Waals surface area contributed by atoms with E-state index >= 15 is 0 Å². The highest BCUT2D eigenvalue weighted by atomic mass is 16.3. The lowest BCUT2D eigenvalue weighted by molar-refractivity contribution is -0.120. The first kappa shape index (κ1) is 13.9. The number of furan rings is 1. The van der Waals surface area contributed by atoms with Crippen LogP contribution in [0.5, 0.6) is 0 Å². The van der Waals surface area contributed by atoms with Gasteiger partial charge in [0.25, 0.3) is 5.91 Å². The Hall–Kier alpha value is -2.70. The quantitative estimate of drug-likeness (QED) is 0.830. The van der Waals surface area contributed by atoms with Gasteiger partial charge in [-0.25, -0.2) is 9.97 Å². The Kier molecular flexibility index (Phi) is 3.14. The molecule has 0 unspecified atom stereocenters. The number of hydrogen-bond donors (Lipinski definition) is 0. The van der Waals surface area contributed by atoms with E-state index in [-0.39, 0.29) is 23.7 Å². The van der Waals surface area contributed by atoms with Crippen LogP contribution in [0.1, 0.15) is 16.3 Å². The average molecular weight is 312 g/mol. The molecule has 0 N–H and O–H groups in total. The van der Waals surface area contributed by atoms with E-state index in [9.17, 15) is 9.59 Å². The highest BCUT2D eigenvalue weighted by Crippen LogP contribution is 2.35. The van der Waals surface area contributed by atoms with Crippen LogP contribution in [0.4, 0.5) is 5.69 Å². The van der Waals surface area contributed by atoms with Gasteiger partial charge in [-0.15, -0.1) is 0 Å². The molecule has 2 aliphatic heterocycles. The molecule has 2 fully saturated rings. The molecule has 0 aliphatic carbocycles. The van der Waals surface area contributed by atoms with Gasteiger partial charge in [0.15, 0.2) is 5.76 Å². The number of fused-ring (bicyclic) bond motifs is 1. The van der Waals surface area contributed by atoms with Crippen LogP contribution in [0.3, 0.4) is 0 Å². The molecular formula is C16H16N4O3. The molecule has 0 bridgehead atoms. The van der Waals surface area contributed by atoms with Crippen molar-refractivity contribution in [1.82, 2.24) is 14.9 Å². The fraction of sp³-hybridized carbons (Fsp3) is 0.375. The standard InChI is InChI=1S/C16H16N4O3/c1-10-2-3-14(23-10)16(22)19-6-11-7-20(15(21)13(11)8-19)12-4-17-9-18-5-12/h2-5,9,11,13H,6-8H2,1H3/t11-,13-/m0/s1. The van der Waals surface area contributed by atoms with E-state index in [1.54, 1.807) is 41.2 Å². The van der Waals surface area contributed by atoms with E-state index in [4.69, 9.17) is 4.42 Å². The third-order valence-electron chi connectivity index (χ3n) is 4.54. The minimum atomic E-state index is -0.157. The zero-order valence-electron chi connectivity index (χ0n) is 12.7. The van der Waals surface area contributed by atoms with Crippen molar-refractivity contribution >= 4 is 17.5 Å². The number of carbonyl (C=O) groups excluding carboxylic acids is 2. The Morgan fingerprint density at radius 3 is 2.65 bits per heavy atom. The first-order valence-electron chi connectivity index (χ1n) is 7.55. The first-order valence-corrected chi connectivity index (χ1v) is 7.55. The lowest BCUT2D eigenvalue weighted by Gasteiger charge is -2.20. The van der Waals surface area contributed by atoms with Crippen LogP contribution in [0.25, 0.3) is 0 Å². The maximum Gasteiger partial charge on any atom is 0.289 e. The van der Waals surface area contributed by atoms with Gasteiger partial charge in [0.2, 0.25) is 5.91 Å². The molecule has 0 saturated carbocycles. The minimum absolute atomic E-state index is 0.0377. The highest BCUT2D eigenvalue weighted by molar-refractivity contribution is 5.99. The molecule has 0 aromatic carbocycles. The SMILES string of the molecule is Cc1ccc(C(=O)N2C[C@H]3CN(c4cncnc4)C(=O)[C@H]3C2)o1. The Morgan fingerprint density at radius 1 is 1.22 bits per heavy atom. The van der Waals surface area contributed by atoms with Crippen molar-refractivity contribution in [3.63, 3.8) is 0 Å². The number of likely N-dealkylation sites (tertiary alicyclic amines) is 1. The molecule has 4 rings (SSSR count). The van der Waals surface area contributed by atoms with Crippen molar-refractivity contribution in [2.24, 2.45) is 11.8 Å². The fourth-order valence-electron chi connectivity index (χ4n) is 3.40. The van der Waals surface area contributed by atoms with Gasteiger partial charge in [0.1, 0.15) is 12.1 Å². The summed E-state index contributed by atoms with van der Waals surface area (Å²) in [7, 11) is 0. The van der Waals surface area contributed by atoms with Gasteiger partial charge in [0.05, 0.1) is 24.0 Å². The molecule has 2 amide bonds. The third kappa shape index (κ3) is 2.28. The lowest BCUT2D eigenvalue weighted by atomic mass is 10.0. The summed E-state index contributed by atoms with van der Waals surface area (Å²) in [6.07, 6.45) is 4.72. The number of anilines is 1. The minimum Gasteiger partial charge on any atom is -0.456 e. The number of amides is 2. The van der Waals surface area contributed by atoms with Crippen LogP contribution in [-0.2, 0) is 4.79 Å². The number of nitrogens with zero attached hydrogens (tertiary/aromatic N) is 4. The Morgan fingerprint density at radius 2 is 2.00 bits per heavy atom. The topological polar surface area (TPSA) is 79.5 Å². The molecule has 118 valence electrons. The van der Waals surface area contributed by atoms with Gasteiger partial charge in [-0.1, -0.05) is 0 Å². The molecule has 2 atom stereocenters. The molecule has 4 heterocycles. The van der Waals surface area contributed by atoms with Crippen molar-refractivity contribution in [2.45, 2.75) is 6.92 Å². The monoisotopic (exact) mass is 312 g/mol. The number of hydrogen-bond acceptors (Lipinski definition) is 5. The average Bonchev–Trinajstić information content (AvgIpc) is 3.24. The molecule has 2 aromatic heterocycles. The van der Waals surface area contributed by atoms with Crippen LogP contribution in [0, 0.1) is 18.8 Å². The normalized spacial score (nSPS) is 23.4. The molecule has 23 heavy (non-hydrogen) atoms. The van der Waals surface area contributed by atoms with Gasteiger partial charge in [-0.3, -0.25) is 9.59 Å². The van der Waals surface area contributed by atoms with Crippen molar-refractivity contribution in [3.8, 4) is 0 Å². The largest absolute Gasteiger partial charge is 0.456 e. The smallest absolute Gasteiger partial charge is 0.289 e. The maximum atomic E-state index is 12.6. The Balaban J connectivity index is 1.49. The van der Waals surface area contributed by atoms with Crippen LogP contribution in [0.15, 0.2) is 35.3 Å². The van der Waals surface area contributed by atoms with Gasteiger partial charge in [-0.05, 0) is 19.1 Å². The van der Waals surface area contributed by atoms with Crippen LogP contribution in [0.2, 0.25) is 0 Å². The van der Waals surface area contributed by atoms with Gasteiger partial charge in [-0.2, -0.15) is 0 Å². The molecule has 7 nitrogen and oxygen atoms in total. The predicted molar refractivity (Wildman–Crippen MR) is 80.7 cm³/mol. The second-order valence-electron chi connectivity index (χ2n) is 6.03. The molecule has 2 saturated heterocycles. The number of aryl methyl sites for hydroxylation is 1. The summed E-state index contributed by atoms with van der Waals surface area (Å²) in [6.45, 7) is 3.40. The number of aromatic nitrogens is 2. The second kappa shape index (κ2) is 5.19. The van der Waals surface area contributed by atoms with Crippen molar-refractivity contribution in [1.29, 1.82) is 0 Å². The van der Waals surface area contributed by atoms with E-state index in [2.05, 4.69) is 9.97 Å². The summed E-state index contributed by atoms with van der Waals surface area (Å²) in [4.78, 5) is 36.4. The first-order chi connectivity index (χ1) is 11.1. The summed E-state index contributed by atoms with van der Waals surface area (Å²) in [5.74, 6) is 0.922. The van der Waals surface area contributed by atoms with Crippen LogP contribution < -0.4 is 4.90 Å². The van der Waals surface area contributed by atoms with Crippen LogP contribution >= 0.6 is 0 Å². The predicted octanol–water partition coefficient (Wildman–Crippen LogP) is 1.11. The summed E-state index contributed by atoms with van der Waals surface area (Å²) >= 11 is 0. The molecule has 2 aliphatic rings. The summed E-state index contributed by atoms with van der Waals surface area (Å²) in [5, 5.41) is 0. The highest BCUT2D eigenvalue weighted by Gasteiger charge is 2.48. The summed E-state index contributed by atoms with van der Waals surface area (Å²) in [6, 6.07) is 3.45. The zero-order valence-corrected chi connectivity index (χ0v) is 12.7. The number of carbonyl (C=O) groups is 2. The fourth-order valence-corrected chi connectivity index (χ4v) is 3.40. The van der Waals surface area contributed by atoms with E-state index < -0.39 is 0 Å². The van der Waals surface area contributed by atoms with Crippen LogP contribution in [-0.4, -0.2) is 46.3 Å². The van der Waals surface area contributed by atoms with E-state index in [0.29, 0.717) is 36.8 Å². The summed E-state index contributed by atoms with van der Waals surface area (Å²) < 4.78 is 5.39. The van der Waals surface area contributed by atoms with Crippen molar-refractivity contribution in [2.75, 3.05) is 24.5 Å².